The molecule has 4 heteroatoms. The van der Waals surface area contributed by atoms with E-state index in [9.17, 15) is 0 Å². The molecule has 0 radical (unpaired) electrons. The molecule has 0 unspecified atom stereocenters. The average Bonchev–Trinajstić information content (AvgIpc) is 2.03. The van der Waals surface area contributed by atoms with Crippen LogP contribution in [0.1, 0.15) is 11.3 Å². The summed E-state index contributed by atoms with van der Waals surface area (Å²) in [5.41, 5.74) is 7.14. The van der Waals surface area contributed by atoms with Crippen molar-refractivity contribution >= 4 is 24.8 Å². The van der Waals surface area contributed by atoms with Crippen LogP contribution in [0.15, 0.2) is 18.3 Å². The van der Waals surface area contributed by atoms with E-state index in [4.69, 9.17) is 5.73 Å². The highest BCUT2D eigenvalue weighted by atomic mass is 35.5. The first-order valence-electron chi connectivity index (χ1n) is 3.45. The Hall–Kier alpha value is -0.750. The molecule has 0 saturated heterocycles. The van der Waals surface area contributed by atoms with Crippen LogP contribution in [0.25, 0.3) is 0 Å². The zero-order chi connectivity index (χ0) is 8.10. The van der Waals surface area contributed by atoms with Crippen LogP contribution < -0.4 is 5.73 Å². The van der Waals surface area contributed by atoms with Gasteiger partial charge in [-0.05, 0) is 19.1 Å². The zero-order valence-electron chi connectivity index (χ0n) is 7.28. The fourth-order valence-corrected chi connectivity index (χ4v) is 0.763. The van der Waals surface area contributed by atoms with Gasteiger partial charge in [0.25, 0.3) is 0 Å². The Morgan fingerprint density at radius 1 is 1.46 bits per heavy atom. The molecule has 0 aromatic carbocycles. The molecule has 0 fully saturated rings. The van der Waals surface area contributed by atoms with Gasteiger partial charge in [-0.25, -0.2) is 0 Å². The number of nitrogens with two attached hydrogens (primary N) is 1. The maximum atomic E-state index is 5.23. The Balaban J connectivity index is 0. The van der Waals surface area contributed by atoms with Crippen molar-refractivity contribution in [1.82, 2.24) is 4.98 Å². The molecule has 0 aliphatic heterocycles. The minimum Gasteiger partial charge on any atom is -0.320 e. The number of hydrogen-bond donors (Lipinski definition) is 1. The van der Waals surface area contributed by atoms with E-state index in [2.05, 4.69) is 16.8 Å². The van der Waals surface area contributed by atoms with Crippen molar-refractivity contribution < 1.29 is 0 Å². The number of pyridine rings is 1. The second-order valence-corrected chi connectivity index (χ2v) is 2.14. The van der Waals surface area contributed by atoms with Gasteiger partial charge in [0.1, 0.15) is 0 Å². The summed E-state index contributed by atoms with van der Waals surface area (Å²) in [6, 6.07) is 3.80. The molecule has 0 spiro atoms. The lowest BCUT2D eigenvalue weighted by atomic mass is 10.2. The average molecular weight is 219 g/mol. The van der Waals surface area contributed by atoms with Crippen molar-refractivity contribution in [2.75, 3.05) is 6.54 Å². The molecule has 1 aromatic rings. The number of hydrogen-bond acceptors (Lipinski definition) is 2. The van der Waals surface area contributed by atoms with Crippen LogP contribution in [0.4, 0.5) is 0 Å². The van der Waals surface area contributed by atoms with Crippen LogP contribution in [0.5, 0.6) is 0 Å². The topological polar surface area (TPSA) is 38.9 Å². The van der Waals surface area contributed by atoms with E-state index < -0.39 is 0 Å². The van der Waals surface area contributed by atoms with Gasteiger partial charge in [0, 0.05) is 11.8 Å². The highest BCUT2D eigenvalue weighted by Gasteiger charge is 1.90. The molecule has 0 aliphatic rings. The third-order valence-electron chi connectivity index (χ3n) is 1.33. The Morgan fingerprint density at radius 2 is 2.15 bits per heavy atom. The molecule has 72 valence electrons. The second-order valence-electron chi connectivity index (χ2n) is 2.14. The summed E-state index contributed by atoms with van der Waals surface area (Å²) in [6.45, 7) is 2.33. The minimum atomic E-state index is 0. The SMILES string of the molecule is Cc1ncccc1C#CCN.Cl.Cl. The maximum absolute atomic E-state index is 5.23. The molecule has 1 aromatic heterocycles. The van der Waals surface area contributed by atoms with Crippen molar-refractivity contribution in [3.8, 4) is 11.8 Å². The molecule has 0 aliphatic carbocycles. The predicted octanol–water partition coefficient (Wildman–Crippen LogP) is 1.54. The van der Waals surface area contributed by atoms with Crippen molar-refractivity contribution in [1.29, 1.82) is 0 Å². The van der Waals surface area contributed by atoms with Crippen molar-refractivity contribution in [3.05, 3.63) is 29.6 Å². The number of nitrogens with zero attached hydrogens (tertiary/aromatic N) is 1. The van der Waals surface area contributed by atoms with Crippen LogP contribution in [-0.4, -0.2) is 11.5 Å². The maximum Gasteiger partial charge on any atom is 0.0555 e. The van der Waals surface area contributed by atoms with E-state index in [-0.39, 0.29) is 24.8 Å². The van der Waals surface area contributed by atoms with Crippen molar-refractivity contribution in [2.45, 2.75) is 6.92 Å². The monoisotopic (exact) mass is 218 g/mol. The largest absolute Gasteiger partial charge is 0.320 e. The molecular weight excluding hydrogens is 207 g/mol. The molecule has 13 heavy (non-hydrogen) atoms. The molecule has 0 bridgehead atoms. The van der Waals surface area contributed by atoms with Gasteiger partial charge >= 0.3 is 0 Å². The quantitative estimate of drug-likeness (QED) is 0.672. The first kappa shape index (κ1) is 14.8. The van der Waals surface area contributed by atoms with Crippen LogP contribution in [0.2, 0.25) is 0 Å². The van der Waals surface area contributed by atoms with Crippen molar-refractivity contribution in [2.24, 2.45) is 5.73 Å². The lowest BCUT2D eigenvalue weighted by Gasteiger charge is -1.92. The van der Waals surface area contributed by atoms with Gasteiger partial charge in [-0.1, -0.05) is 11.8 Å². The lowest BCUT2D eigenvalue weighted by molar-refractivity contribution is 1.18. The van der Waals surface area contributed by atoms with E-state index in [1.165, 1.54) is 0 Å². The van der Waals surface area contributed by atoms with Gasteiger partial charge in [-0.15, -0.1) is 24.8 Å². The van der Waals surface area contributed by atoms with E-state index in [1.54, 1.807) is 6.20 Å². The first-order chi connectivity index (χ1) is 5.34. The zero-order valence-corrected chi connectivity index (χ0v) is 8.91. The number of rotatable bonds is 0. The van der Waals surface area contributed by atoms with E-state index in [0.29, 0.717) is 6.54 Å². The Morgan fingerprint density at radius 3 is 2.69 bits per heavy atom. The Bertz CT molecular complexity index is 302. The van der Waals surface area contributed by atoms with Crippen LogP contribution in [0.3, 0.4) is 0 Å². The molecule has 0 amide bonds. The van der Waals surface area contributed by atoms with Crippen LogP contribution in [0, 0.1) is 18.8 Å². The molecule has 1 rings (SSSR count). The smallest absolute Gasteiger partial charge is 0.0555 e. The Labute approximate surface area is 90.8 Å². The normalized spacial score (nSPS) is 7.23. The van der Waals surface area contributed by atoms with Crippen LogP contribution >= 0.6 is 24.8 Å². The summed E-state index contributed by atoms with van der Waals surface area (Å²) in [4.78, 5) is 4.09. The first-order valence-corrected chi connectivity index (χ1v) is 3.45. The molecule has 1 heterocycles. The highest BCUT2D eigenvalue weighted by Crippen LogP contribution is 1.99. The standard InChI is InChI=1S/C9H10N2.2ClH/c1-8-9(4-2-6-10)5-3-7-11-8;;/h3,5,7H,6,10H2,1H3;2*1H. The highest BCUT2D eigenvalue weighted by molar-refractivity contribution is 5.85. The van der Waals surface area contributed by atoms with E-state index in [1.807, 2.05) is 19.1 Å². The van der Waals surface area contributed by atoms with Crippen molar-refractivity contribution in [3.63, 3.8) is 0 Å². The summed E-state index contributed by atoms with van der Waals surface area (Å²) in [6.07, 6.45) is 1.75. The van der Waals surface area contributed by atoms with Gasteiger partial charge in [0.2, 0.25) is 0 Å². The molecule has 0 atom stereocenters. The third-order valence-corrected chi connectivity index (χ3v) is 1.33. The minimum absolute atomic E-state index is 0. The Kier molecular flexibility index (Phi) is 8.94. The summed E-state index contributed by atoms with van der Waals surface area (Å²) in [5.74, 6) is 5.72. The fourth-order valence-electron chi connectivity index (χ4n) is 0.763. The van der Waals surface area contributed by atoms with E-state index >= 15 is 0 Å². The summed E-state index contributed by atoms with van der Waals surface area (Å²) < 4.78 is 0. The molecular formula is C9H12Cl2N2. The van der Waals surface area contributed by atoms with Gasteiger partial charge in [0.15, 0.2) is 0 Å². The molecule has 0 saturated carbocycles. The second kappa shape index (κ2) is 7.88. The molecule has 2 N–H and O–H groups in total. The number of aromatic nitrogens is 1. The van der Waals surface area contributed by atoms with E-state index in [0.717, 1.165) is 11.3 Å². The lowest BCUT2D eigenvalue weighted by Crippen LogP contribution is -1.93. The summed E-state index contributed by atoms with van der Waals surface area (Å²) in [5, 5.41) is 0. The molecule has 2 nitrogen and oxygen atoms in total. The van der Waals surface area contributed by atoms with Gasteiger partial charge in [-0.2, -0.15) is 0 Å². The predicted molar refractivity (Wildman–Crippen MR) is 59.4 cm³/mol. The number of aryl methyl sites for hydroxylation is 1. The summed E-state index contributed by atoms with van der Waals surface area (Å²) >= 11 is 0. The van der Waals surface area contributed by atoms with Gasteiger partial charge < -0.3 is 5.73 Å². The fraction of sp³-hybridized carbons (Fsp3) is 0.222. The third kappa shape index (κ3) is 4.74. The number of halogens is 2. The summed E-state index contributed by atoms with van der Waals surface area (Å²) in [7, 11) is 0. The van der Waals surface area contributed by atoms with Gasteiger partial charge in [-0.3, -0.25) is 4.98 Å². The van der Waals surface area contributed by atoms with Crippen LogP contribution in [-0.2, 0) is 0 Å². The van der Waals surface area contributed by atoms with Gasteiger partial charge in [0.05, 0.1) is 12.2 Å².